The van der Waals surface area contributed by atoms with E-state index in [1.807, 2.05) is 6.07 Å². The molecule has 2 heterocycles. The number of likely N-dealkylation sites (tertiary alicyclic amines) is 1. The summed E-state index contributed by atoms with van der Waals surface area (Å²) < 4.78 is 13.4. The maximum atomic E-state index is 13.4. The van der Waals surface area contributed by atoms with E-state index in [9.17, 15) is 9.18 Å². The van der Waals surface area contributed by atoms with Crippen molar-refractivity contribution in [1.29, 1.82) is 0 Å². The summed E-state index contributed by atoms with van der Waals surface area (Å²) >= 11 is 0. The largest absolute Gasteiger partial charge is 0.317 e. The highest BCUT2D eigenvalue weighted by atomic mass is 19.1. The third kappa shape index (κ3) is 4.75. The second-order valence-electron chi connectivity index (χ2n) is 9.79. The Balaban J connectivity index is 1.15. The van der Waals surface area contributed by atoms with Crippen LogP contribution in [0.15, 0.2) is 42.5 Å². The molecule has 2 fully saturated rings. The third-order valence-corrected chi connectivity index (χ3v) is 7.66. The van der Waals surface area contributed by atoms with E-state index in [0.29, 0.717) is 17.6 Å². The molecule has 1 atom stereocenters. The van der Waals surface area contributed by atoms with Gasteiger partial charge in [-0.05, 0) is 105 Å². The van der Waals surface area contributed by atoms with Gasteiger partial charge in [0.15, 0.2) is 5.78 Å². The van der Waals surface area contributed by atoms with Gasteiger partial charge in [-0.2, -0.15) is 0 Å². The summed E-state index contributed by atoms with van der Waals surface area (Å²) in [4.78, 5) is 15.5. The molecule has 2 saturated heterocycles. The highest BCUT2D eigenvalue weighted by Crippen LogP contribution is 2.36. The fraction of sp³-hybridized carbons (Fsp3) is 0.519. The fourth-order valence-electron chi connectivity index (χ4n) is 5.88. The maximum absolute atomic E-state index is 13.4. The van der Waals surface area contributed by atoms with Gasteiger partial charge in [-0.1, -0.05) is 30.3 Å². The minimum Gasteiger partial charge on any atom is -0.317 e. The van der Waals surface area contributed by atoms with Gasteiger partial charge in [-0.25, -0.2) is 4.39 Å². The number of halogens is 1. The standard InChI is InChI=1S/C27H33FN2O/c28-25-3-1-2-20(15-25)18-30-12-8-19(9-13-30)14-24-17-23-16-22(4-5-26(23)27(24)31)21-6-10-29-11-7-21/h1-5,15-16,19,21,24,29H,6-14,17-18H2. The van der Waals surface area contributed by atoms with Crippen LogP contribution in [0.4, 0.5) is 4.39 Å². The molecular formula is C27H33FN2O. The van der Waals surface area contributed by atoms with Crippen LogP contribution >= 0.6 is 0 Å². The Labute approximate surface area is 185 Å². The van der Waals surface area contributed by atoms with Crippen molar-refractivity contribution < 1.29 is 9.18 Å². The monoisotopic (exact) mass is 420 g/mol. The van der Waals surface area contributed by atoms with Crippen molar-refractivity contribution in [3.8, 4) is 0 Å². The molecule has 164 valence electrons. The first-order chi connectivity index (χ1) is 15.2. The van der Waals surface area contributed by atoms with Crippen LogP contribution in [0.3, 0.4) is 0 Å². The molecule has 31 heavy (non-hydrogen) atoms. The van der Waals surface area contributed by atoms with E-state index >= 15 is 0 Å². The highest BCUT2D eigenvalue weighted by Gasteiger charge is 2.33. The molecule has 1 unspecified atom stereocenters. The molecule has 0 bridgehead atoms. The Morgan fingerprint density at radius 2 is 1.81 bits per heavy atom. The molecule has 0 aromatic heterocycles. The minimum absolute atomic E-state index is 0.157. The number of carbonyl (C=O) groups is 1. The number of benzene rings is 2. The molecule has 3 aliphatic rings. The molecule has 2 aliphatic heterocycles. The van der Waals surface area contributed by atoms with Crippen LogP contribution in [0.5, 0.6) is 0 Å². The van der Waals surface area contributed by atoms with E-state index in [1.165, 1.54) is 30.0 Å². The first-order valence-electron chi connectivity index (χ1n) is 12.0. The SMILES string of the molecule is O=C1c2ccc(C3CCNCC3)cc2CC1CC1CCN(Cc2cccc(F)c2)CC1. The zero-order valence-corrected chi connectivity index (χ0v) is 18.3. The molecule has 2 aromatic rings. The first-order valence-corrected chi connectivity index (χ1v) is 12.0. The molecule has 5 rings (SSSR count). The van der Waals surface area contributed by atoms with Gasteiger partial charge in [0, 0.05) is 18.0 Å². The summed E-state index contributed by atoms with van der Waals surface area (Å²) in [6, 6.07) is 13.6. The molecule has 3 nitrogen and oxygen atoms in total. The summed E-state index contributed by atoms with van der Waals surface area (Å²) in [5.41, 5.74) is 4.74. The molecule has 0 radical (unpaired) electrons. The van der Waals surface area contributed by atoms with Crippen LogP contribution in [0.25, 0.3) is 0 Å². The highest BCUT2D eigenvalue weighted by molar-refractivity contribution is 6.02. The summed E-state index contributed by atoms with van der Waals surface area (Å²) in [7, 11) is 0. The van der Waals surface area contributed by atoms with Crippen LogP contribution in [0.2, 0.25) is 0 Å². The maximum Gasteiger partial charge on any atom is 0.166 e. The number of piperidine rings is 2. The van der Waals surface area contributed by atoms with Crippen LogP contribution in [-0.4, -0.2) is 36.9 Å². The van der Waals surface area contributed by atoms with Crippen LogP contribution in [-0.2, 0) is 13.0 Å². The lowest BCUT2D eigenvalue weighted by Gasteiger charge is -2.33. The number of fused-ring (bicyclic) bond motifs is 1. The van der Waals surface area contributed by atoms with Gasteiger partial charge >= 0.3 is 0 Å². The second-order valence-corrected chi connectivity index (χ2v) is 9.79. The number of Topliss-reactive ketones (excluding diaryl/α,β-unsaturated/α-hetero) is 1. The molecule has 1 aliphatic carbocycles. The predicted molar refractivity (Wildman–Crippen MR) is 122 cm³/mol. The van der Waals surface area contributed by atoms with Crippen LogP contribution in [0.1, 0.15) is 65.1 Å². The number of rotatable bonds is 5. The average Bonchev–Trinajstić information content (AvgIpc) is 3.10. The molecule has 1 N–H and O–H groups in total. The van der Waals surface area contributed by atoms with Crippen molar-refractivity contribution in [3.05, 3.63) is 70.5 Å². The van der Waals surface area contributed by atoms with Gasteiger partial charge in [0.05, 0.1) is 0 Å². The smallest absolute Gasteiger partial charge is 0.166 e. The van der Waals surface area contributed by atoms with Gasteiger partial charge in [-0.15, -0.1) is 0 Å². The Morgan fingerprint density at radius 3 is 2.58 bits per heavy atom. The van der Waals surface area contributed by atoms with Gasteiger partial charge < -0.3 is 5.32 Å². The van der Waals surface area contributed by atoms with E-state index in [1.54, 1.807) is 12.1 Å². The van der Waals surface area contributed by atoms with Gasteiger partial charge in [0.25, 0.3) is 0 Å². The van der Waals surface area contributed by atoms with Crippen molar-refractivity contribution in [2.75, 3.05) is 26.2 Å². The Hall–Kier alpha value is -2.04. The van der Waals surface area contributed by atoms with E-state index in [2.05, 4.69) is 28.4 Å². The number of nitrogens with zero attached hydrogens (tertiary/aromatic N) is 1. The molecule has 4 heteroatoms. The van der Waals surface area contributed by atoms with Gasteiger partial charge in [0.2, 0.25) is 0 Å². The zero-order chi connectivity index (χ0) is 21.2. The summed E-state index contributed by atoms with van der Waals surface area (Å²) in [5, 5.41) is 3.44. The zero-order valence-electron chi connectivity index (χ0n) is 18.3. The van der Waals surface area contributed by atoms with Crippen LogP contribution in [0, 0.1) is 17.7 Å². The molecular weight excluding hydrogens is 387 g/mol. The molecule has 0 amide bonds. The number of ketones is 1. The topological polar surface area (TPSA) is 32.3 Å². The number of nitrogens with one attached hydrogen (secondary N) is 1. The fourth-order valence-corrected chi connectivity index (χ4v) is 5.88. The minimum atomic E-state index is -0.157. The molecule has 0 saturated carbocycles. The lowest BCUT2D eigenvalue weighted by molar-refractivity contribution is 0.0895. The van der Waals surface area contributed by atoms with Crippen molar-refractivity contribution in [1.82, 2.24) is 10.2 Å². The van der Waals surface area contributed by atoms with Crippen LogP contribution < -0.4 is 5.32 Å². The molecule has 2 aromatic carbocycles. The van der Waals surface area contributed by atoms with Crippen molar-refractivity contribution >= 4 is 5.78 Å². The van der Waals surface area contributed by atoms with Gasteiger partial charge in [0.1, 0.15) is 5.82 Å². The second kappa shape index (κ2) is 9.22. The lowest BCUT2D eigenvalue weighted by atomic mass is 9.85. The Morgan fingerprint density at radius 1 is 1.00 bits per heavy atom. The quantitative estimate of drug-likeness (QED) is 0.743. The summed E-state index contributed by atoms with van der Waals surface area (Å²) in [6.07, 6.45) is 6.61. The van der Waals surface area contributed by atoms with E-state index in [4.69, 9.17) is 0 Å². The molecule has 0 spiro atoms. The number of carbonyl (C=O) groups excluding carboxylic acids is 1. The summed E-state index contributed by atoms with van der Waals surface area (Å²) in [5.74, 6) is 1.64. The Kier molecular flexibility index (Phi) is 6.20. The lowest BCUT2D eigenvalue weighted by Crippen LogP contribution is -2.34. The van der Waals surface area contributed by atoms with E-state index < -0.39 is 0 Å². The average molecular weight is 421 g/mol. The normalized spacial score (nSPS) is 23.3. The van der Waals surface area contributed by atoms with E-state index in [0.717, 1.165) is 69.5 Å². The van der Waals surface area contributed by atoms with Crippen molar-refractivity contribution in [3.63, 3.8) is 0 Å². The van der Waals surface area contributed by atoms with Crippen molar-refractivity contribution in [2.45, 2.75) is 51.0 Å². The predicted octanol–water partition coefficient (Wildman–Crippen LogP) is 4.95. The van der Waals surface area contributed by atoms with Crippen molar-refractivity contribution in [2.24, 2.45) is 11.8 Å². The number of hydrogen-bond acceptors (Lipinski definition) is 3. The first kappa shape index (κ1) is 20.8. The number of hydrogen-bond donors (Lipinski definition) is 1. The third-order valence-electron chi connectivity index (χ3n) is 7.66. The summed E-state index contributed by atoms with van der Waals surface area (Å²) in [6.45, 7) is 5.09. The van der Waals surface area contributed by atoms with E-state index in [-0.39, 0.29) is 11.7 Å². The Bertz CT molecular complexity index is 929. The van der Waals surface area contributed by atoms with Gasteiger partial charge in [-0.3, -0.25) is 9.69 Å².